The fourth-order valence-corrected chi connectivity index (χ4v) is 2.39. The van der Waals surface area contributed by atoms with Gasteiger partial charge in [-0.1, -0.05) is 13.8 Å². The molecule has 6 nitrogen and oxygen atoms in total. The zero-order valence-corrected chi connectivity index (χ0v) is 15.9. The summed E-state index contributed by atoms with van der Waals surface area (Å²) in [5.41, 5.74) is 2.61. The SMILES string of the molecule is CC.COc1ccc(CNc2cnc3cc(OC)ccc3n2)c(OC)c1. The molecule has 138 valence electrons. The van der Waals surface area contributed by atoms with E-state index in [1.165, 1.54) is 0 Å². The van der Waals surface area contributed by atoms with Crippen molar-refractivity contribution < 1.29 is 14.2 Å². The number of rotatable bonds is 6. The maximum atomic E-state index is 5.40. The minimum Gasteiger partial charge on any atom is -0.497 e. The lowest BCUT2D eigenvalue weighted by Crippen LogP contribution is -2.04. The van der Waals surface area contributed by atoms with Gasteiger partial charge in [-0.2, -0.15) is 0 Å². The Morgan fingerprint density at radius 3 is 2.23 bits per heavy atom. The summed E-state index contributed by atoms with van der Waals surface area (Å²) in [5.74, 6) is 2.99. The Balaban J connectivity index is 0.00000117. The topological polar surface area (TPSA) is 65.5 Å². The van der Waals surface area contributed by atoms with Crippen molar-refractivity contribution in [3.05, 3.63) is 48.2 Å². The molecule has 0 fully saturated rings. The van der Waals surface area contributed by atoms with Crippen LogP contribution in [-0.2, 0) is 6.54 Å². The molecule has 26 heavy (non-hydrogen) atoms. The Bertz CT molecular complexity index is 853. The maximum absolute atomic E-state index is 5.40. The standard InChI is InChI=1S/C18H19N3O3.C2H6/c1-22-13-6-7-15-16(8-13)19-11-18(21-15)20-10-12-4-5-14(23-2)9-17(12)24-3;1-2/h4-9,11H,10H2,1-3H3,(H,20,21);1-2H3. The first-order valence-corrected chi connectivity index (χ1v) is 8.49. The molecule has 0 bridgehead atoms. The van der Waals surface area contributed by atoms with E-state index in [1.807, 2.05) is 50.2 Å². The van der Waals surface area contributed by atoms with Crippen molar-refractivity contribution >= 4 is 16.9 Å². The number of hydrogen-bond donors (Lipinski definition) is 1. The maximum Gasteiger partial charge on any atom is 0.145 e. The normalized spacial score (nSPS) is 9.88. The number of fused-ring (bicyclic) bond motifs is 1. The Hall–Kier alpha value is -3.02. The van der Waals surface area contributed by atoms with E-state index in [9.17, 15) is 0 Å². The lowest BCUT2D eigenvalue weighted by molar-refractivity contribution is 0.391. The lowest BCUT2D eigenvalue weighted by atomic mass is 10.2. The predicted octanol–water partition coefficient (Wildman–Crippen LogP) is 4.29. The quantitative estimate of drug-likeness (QED) is 0.711. The van der Waals surface area contributed by atoms with Crippen molar-refractivity contribution in [2.24, 2.45) is 0 Å². The summed E-state index contributed by atoms with van der Waals surface area (Å²) in [6.07, 6.45) is 1.71. The molecule has 0 aliphatic carbocycles. The molecule has 0 atom stereocenters. The van der Waals surface area contributed by atoms with Crippen molar-refractivity contribution in [1.29, 1.82) is 0 Å². The molecular formula is C20H25N3O3. The van der Waals surface area contributed by atoms with E-state index in [-0.39, 0.29) is 0 Å². The number of benzene rings is 2. The molecule has 0 spiro atoms. The molecule has 1 N–H and O–H groups in total. The summed E-state index contributed by atoms with van der Waals surface area (Å²) >= 11 is 0. The van der Waals surface area contributed by atoms with E-state index in [2.05, 4.69) is 15.3 Å². The highest BCUT2D eigenvalue weighted by Crippen LogP contribution is 2.25. The summed E-state index contributed by atoms with van der Waals surface area (Å²) in [6.45, 7) is 4.57. The number of nitrogens with one attached hydrogen (secondary N) is 1. The molecule has 0 unspecified atom stereocenters. The Morgan fingerprint density at radius 2 is 1.54 bits per heavy atom. The largest absolute Gasteiger partial charge is 0.497 e. The number of methoxy groups -OCH3 is 3. The van der Waals surface area contributed by atoms with Crippen LogP contribution in [0.5, 0.6) is 17.2 Å². The van der Waals surface area contributed by atoms with Crippen LogP contribution in [0.15, 0.2) is 42.6 Å². The van der Waals surface area contributed by atoms with Crippen LogP contribution < -0.4 is 19.5 Å². The lowest BCUT2D eigenvalue weighted by Gasteiger charge is -2.12. The van der Waals surface area contributed by atoms with Crippen molar-refractivity contribution in [3.63, 3.8) is 0 Å². The highest BCUT2D eigenvalue weighted by atomic mass is 16.5. The molecular weight excluding hydrogens is 330 g/mol. The van der Waals surface area contributed by atoms with Gasteiger partial charge in [0.1, 0.15) is 23.1 Å². The van der Waals surface area contributed by atoms with Crippen LogP contribution in [0.4, 0.5) is 5.82 Å². The van der Waals surface area contributed by atoms with Gasteiger partial charge in [0.05, 0.1) is 38.6 Å². The van der Waals surface area contributed by atoms with Gasteiger partial charge < -0.3 is 19.5 Å². The van der Waals surface area contributed by atoms with E-state index in [1.54, 1.807) is 27.5 Å². The van der Waals surface area contributed by atoms with Crippen LogP contribution in [0, 0.1) is 0 Å². The smallest absolute Gasteiger partial charge is 0.145 e. The van der Waals surface area contributed by atoms with Gasteiger partial charge in [0.2, 0.25) is 0 Å². The van der Waals surface area contributed by atoms with Gasteiger partial charge in [-0.15, -0.1) is 0 Å². The molecule has 0 saturated carbocycles. The summed E-state index contributed by atoms with van der Waals surface area (Å²) in [5, 5.41) is 3.27. The van der Waals surface area contributed by atoms with Crippen LogP contribution in [0.2, 0.25) is 0 Å². The summed E-state index contributed by atoms with van der Waals surface area (Å²) in [7, 11) is 4.90. The molecule has 3 aromatic rings. The van der Waals surface area contributed by atoms with Crippen molar-refractivity contribution in [3.8, 4) is 17.2 Å². The molecule has 1 aromatic heterocycles. The fraction of sp³-hybridized carbons (Fsp3) is 0.300. The highest BCUT2D eigenvalue weighted by molar-refractivity contribution is 5.77. The molecule has 0 aliphatic heterocycles. The van der Waals surface area contributed by atoms with Crippen LogP contribution in [-0.4, -0.2) is 31.3 Å². The molecule has 2 aromatic carbocycles. The van der Waals surface area contributed by atoms with Gasteiger partial charge in [-0.25, -0.2) is 4.98 Å². The summed E-state index contributed by atoms with van der Waals surface area (Å²) < 4.78 is 15.8. The summed E-state index contributed by atoms with van der Waals surface area (Å²) in [4.78, 5) is 8.98. The van der Waals surface area contributed by atoms with Gasteiger partial charge >= 0.3 is 0 Å². The van der Waals surface area contributed by atoms with Gasteiger partial charge in [0.15, 0.2) is 0 Å². The number of hydrogen-bond acceptors (Lipinski definition) is 6. The minimum atomic E-state index is 0.573. The number of ether oxygens (including phenoxy) is 3. The molecule has 0 saturated heterocycles. The van der Waals surface area contributed by atoms with Gasteiger partial charge in [-0.05, 0) is 24.3 Å². The second kappa shape index (κ2) is 9.46. The Kier molecular flexibility index (Phi) is 7.02. The fourth-order valence-electron chi connectivity index (χ4n) is 2.39. The molecule has 0 aliphatic rings. The van der Waals surface area contributed by atoms with Gasteiger partial charge in [-0.3, -0.25) is 4.98 Å². The highest BCUT2D eigenvalue weighted by Gasteiger charge is 2.06. The van der Waals surface area contributed by atoms with Crippen LogP contribution in [0.3, 0.4) is 0 Å². The zero-order valence-electron chi connectivity index (χ0n) is 15.9. The van der Waals surface area contributed by atoms with Crippen LogP contribution in [0.25, 0.3) is 11.0 Å². The molecule has 0 amide bonds. The van der Waals surface area contributed by atoms with Gasteiger partial charge in [0.25, 0.3) is 0 Å². The van der Waals surface area contributed by atoms with Crippen molar-refractivity contribution in [2.75, 3.05) is 26.6 Å². The second-order valence-corrected chi connectivity index (χ2v) is 5.14. The molecule has 3 rings (SSSR count). The third-order valence-electron chi connectivity index (χ3n) is 3.70. The number of anilines is 1. The average molecular weight is 355 g/mol. The van der Waals surface area contributed by atoms with E-state index >= 15 is 0 Å². The average Bonchev–Trinajstić information content (AvgIpc) is 2.72. The van der Waals surface area contributed by atoms with E-state index < -0.39 is 0 Å². The van der Waals surface area contributed by atoms with E-state index in [4.69, 9.17) is 14.2 Å². The van der Waals surface area contributed by atoms with Crippen LogP contribution in [0.1, 0.15) is 19.4 Å². The number of aromatic nitrogens is 2. The first-order chi connectivity index (χ1) is 12.7. The first-order valence-electron chi connectivity index (χ1n) is 8.49. The van der Waals surface area contributed by atoms with Crippen molar-refractivity contribution in [1.82, 2.24) is 9.97 Å². The zero-order chi connectivity index (χ0) is 18.9. The van der Waals surface area contributed by atoms with Crippen LogP contribution >= 0.6 is 0 Å². The third kappa shape index (κ3) is 4.53. The monoisotopic (exact) mass is 355 g/mol. The van der Waals surface area contributed by atoms with E-state index in [0.29, 0.717) is 12.4 Å². The molecule has 1 heterocycles. The Labute approximate surface area is 154 Å². The van der Waals surface area contributed by atoms with Gasteiger partial charge in [0, 0.05) is 24.2 Å². The molecule has 6 heteroatoms. The minimum absolute atomic E-state index is 0.573. The number of nitrogens with zero attached hydrogens (tertiary/aromatic N) is 2. The third-order valence-corrected chi connectivity index (χ3v) is 3.70. The molecule has 0 radical (unpaired) electrons. The summed E-state index contributed by atoms with van der Waals surface area (Å²) in [6, 6.07) is 11.3. The second-order valence-electron chi connectivity index (χ2n) is 5.14. The van der Waals surface area contributed by atoms with Crippen molar-refractivity contribution in [2.45, 2.75) is 20.4 Å². The predicted molar refractivity (Wildman–Crippen MR) is 104 cm³/mol. The van der Waals surface area contributed by atoms with E-state index in [0.717, 1.165) is 33.8 Å². The first kappa shape index (κ1) is 19.3. The Morgan fingerprint density at radius 1 is 0.846 bits per heavy atom.